The normalized spacial score (nSPS) is 10.8. The van der Waals surface area contributed by atoms with Crippen molar-refractivity contribution < 1.29 is 9.47 Å². The lowest BCUT2D eigenvalue weighted by molar-refractivity contribution is 0.216. The highest BCUT2D eigenvalue weighted by Gasteiger charge is 2.09. The number of benzene rings is 3. The van der Waals surface area contributed by atoms with Crippen LogP contribution in [0.2, 0.25) is 10.0 Å². The van der Waals surface area contributed by atoms with Gasteiger partial charge in [-0.15, -0.1) is 0 Å². The zero-order chi connectivity index (χ0) is 17.6. The highest BCUT2D eigenvalue weighted by Crippen LogP contribution is 2.29. The predicted octanol–water partition coefficient (Wildman–Crippen LogP) is 5.11. The van der Waals surface area contributed by atoms with Crippen LogP contribution in [0.25, 0.3) is 10.8 Å². The number of rotatable bonds is 7. The van der Waals surface area contributed by atoms with Crippen molar-refractivity contribution in [1.29, 1.82) is 0 Å². The van der Waals surface area contributed by atoms with Gasteiger partial charge in [-0.25, -0.2) is 0 Å². The van der Waals surface area contributed by atoms with E-state index in [1.165, 1.54) is 10.8 Å². The van der Waals surface area contributed by atoms with E-state index in [1.807, 2.05) is 18.2 Å². The van der Waals surface area contributed by atoms with Gasteiger partial charge in [0.05, 0.1) is 5.02 Å². The molecule has 0 atom stereocenters. The van der Waals surface area contributed by atoms with Gasteiger partial charge in [-0.1, -0.05) is 53.5 Å². The van der Waals surface area contributed by atoms with Crippen molar-refractivity contribution in [2.75, 3.05) is 19.8 Å². The molecule has 0 spiro atoms. The molecule has 3 nitrogen and oxygen atoms in total. The molecule has 0 amide bonds. The highest BCUT2D eigenvalue weighted by molar-refractivity contribution is 6.35. The van der Waals surface area contributed by atoms with Gasteiger partial charge in [0.1, 0.15) is 24.7 Å². The lowest BCUT2D eigenvalue weighted by Gasteiger charge is -2.14. The Morgan fingerprint density at radius 3 is 2.32 bits per heavy atom. The number of fused-ring (bicyclic) bond motifs is 1. The Kier molecular flexibility index (Phi) is 6.03. The third kappa shape index (κ3) is 4.37. The fourth-order valence-corrected chi connectivity index (χ4v) is 3.21. The van der Waals surface area contributed by atoms with Gasteiger partial charge >= 0.3 is 0 Å². The van der Waals surface area contributed by atoms with Crippen molar-refractivity contribution in [2.45, 2.75) is 6.42 Å². The largest absolute Gasteiger partial charge is 0.490 e. The lowest BCUT2D eigenvalue weighted by atomic mass is 10.0. The summed E-state index contributed by atoms with van der Waals surface area (Å²) in [4.78, 5) is 0. The second-order valence-corrected chi connectivity index (χ2v) is 6.42. The first-order valence-electron chi connectivity index (χ1n) is 8.10. The topological polar surface area (TPSA) is 44.5 Å². The molecule has 130 valence electrons. The maximum Gasteiger partial charge on any atom is 0.138 e. The van der Waals surface area contributed by atoms with Crippen molar-refractivity contribution in [1.82, 2.24) is 0 Å². The summed E-state index contributed by atoms with van der Waals surface area (Å²) in [5, 5.41) is 3.42. The third-order valence-electron chi connectivity index (χ3n) is 3.88. The molecule has 3 aromatic rings. The minimum Gasteiger partial charge on any atom is -0.490 e. The molecule has 0 saturated carbocycles. The summed E-state index contributed by atoms with van der Waals surface area (Å²) in [5.41, 5.74) is 6.90. The van der Waals surface area contributed by atoms with Gasteiger partial charge in [0.2, 0.25) is 0 Å². The van der Waals surface area contributed by atoms with Crippen LogP contribution >= 0.6 is 23.2 Å². The maximum absolute atomic E-state index is 6.09. The van der Waals surface area contributed by atoms with E-state index in [-0.39, 0.29) is 0 Å². The molecular weight excluding hydrogens is 357 g/mol. The summed E-state index contributed by atoms with van der Waals surface area (Å²) in [6, 6.07) is 17.4. The van der Waals surface area contributed by atoms with E-state index in [0.29, 0.717) is 35.6 Å². The number of halogens is 2. The zero-order valence-electron chi connectivity index (χ0n) is 13.7. The fraction of sp³-hybridized carbons (Fsp3) is 0.200. The van der Waals surface area contributed by atoms with E-state index in [0.717, 1.165) is 17.7 Å². The van der Waals surface area contributed by atoms with Crippen LogP contribution in [-0.4, -0.2) is 19.8 Å². The van der Waals surface area contributed by atoms with Gasteiger partial charge in [0.15, 0.2) is 0 Å². The highest BCUT2D eigenvalue weighted by atomic mass is 35.5. The summed E-state index contributed by atoms with van der Waals surface area (Å²) in [7, 11) is 0. The summed E-state index contributed by atoms with van der Waals surface area (Å²) < 4.78 is 11.6. The van der Waals surface area contributed by atoms with Crippen LogP contribution in [0.15, 0.2) is 54.6 Å². The zero-order valence-corrected chi connectivity index (χ0v) is 15.2. The second kappa shape index (κ2) is 8.43. The van der Waals surface area contributed by atoms with Gasteiger partial charge in [0.25, 0.3) is 0 Å². The molecule has 5 heteroatoms. The Morgan fingerprint density at radius 2 is 1.56 bits per heavy atom. The lowest BCUT2D eigenvalue weighted by Crippen LogP contribution is -2.11. The molecule has 0 radical (unpaired) electrons. The van der Waals surface area contributed by atoms with Crippen LogP contribution in [0.4, 0.5) is 0 Å². The minimum atomic E-state index is 0.385. The van der Waals surface area contributed by atoms with Crippen LogP contribution in [0, 0.1) is 0 Å². The van der Waals surface area contributed by atoms with Gasteiger partial charge in [-0.3, -0.25) is 0 Å². The Morgan fingerprint density at radius 1 is 0.840 bits per heavy atom. The smallest absolute Gasteiger partial charge is 0.138 e. The summed E-state index contributed by atoms with van der Waals surface area (Å²) in [6.45, 7) is 1.37. The van der Waals surface area contributed by atoms with Crippen molar-refractivity contribution in [3.63, 3.8) is 0 Å². The number of nitrogens with two attached hydrogens (primary N) is 1. The van der Waals surface area contributed by atoms with Crippen LogP contribution in [0.1, 0.15) is 5.56 Å². The molecule has 0 fully saturated rings. The Balaban J connectivity index is 1.67. The Hall–Kier alpha value is -1.94. The molecule has 0 aliphatic carbocycles. The van der Waals surface area contributed by atoms with E-state index in [4.69, 9.17) is 38.4 Å². The summed E-state index contributed by atoms with van der Waals surface area (Å²) in [5.74, 6) is 1.44. The van der Waals surface area contributed by atoms with Gasteiger partial charge in [-0.05, 0) is 48.0 Å². The Labute approximate surface area is 157 Å². The van der Waals surface area contributed by atoms with Crippen molar-refractivity contribution in [3.8, 4) is 11.5 Å². The number of hydrogen-bond donors (Lipinski definition) is 1. The monoisotopic (exact) mass is 375 g/mol. The quantitative estimate of drug-likeness (QED) is 0.583. The molecule has 0 aliphatic heterocycles. The molecule has 3 rings (SSSR count). The molecule has 0 aliphatic rings. The minimum absolute atomic E-state index is 0.385. The van der Waals surface area contributed by atoms with Crippen LogP contribution in [-0.2, 0) is 6.42 Å². The first-order valence-corrected chi connectivity index (χ1v) is 8.86. The van der Waals surface area contributed by atoms with E-state index < -0.39 is 0 Å². The van der Waals surface area contributed by atoms with E-state index in [9.17, 15) is 0 Å². The second-order valence-electron chi connectivity index (χ2n) is 5.57. The summed E-state index contributed by atoms with van der Waals surface area (Å²) >= 11 is 12.0. The van der Waals surface area contributed by atoms with Crippen LogP contribution in [0.3, 0.4) is 0 Å². The van der Waals surface area contributed by atoms with Gasteiger partial charge in [-0.2, -0.15) is 0 Å². The SMILES string of the molecule is NCCc1c(OCCOc2ccc(Cl)cc2Cl)ccc2ccccc12. The van der Waals surface area contributed by atoms with E-state index in [2.05, 4.69) is 18.2 Å². The molecule has 2 N–H and O–H groups in total. The number of ether oxygens (including phenoxy) is 2. The van der Waals surface area contributed by atoms with Crippen LogP contribution in [0.5, 0.6) is 11.5 Å². The van der Waals surface area contributed by atoms with Crippen molar-refractivity contribution in [2.24, 2.45) is 5.73 Å². The van der Waals surface area contributed by atoms with E-state index >= 15 is 0 Å². The standard InChI is InChI=1S/C20H19Cl2NO2/c21-15-6-8-20(18(22)13-15)25-12-11-24-19-7-5-14-3-1-2-4-16(14)17(19)9-10-23/h1-8,13H,9-12,23H2. The molecule has 0 bridgehead atoms. The van der Waals surface area contributed by atoms with E-state index in [1.54, 1.807) is 18.2 Å². The first-order chi connectivity index (χ1) is 12.2. The first kappa shape index (κ1) is 17.9. The fourth-order valence-electron chi connectivity index (χ4n) is 2.75. The third-order valence-corrected chi connectivity index (χ3v) is 4.41. The molecule has 0 heterocycles. The molecular formula is C20H19Cl2NO2. The average molecular weight is 376 g/mol. The number of hydrogen-bond acceptors (Lipinski definition) is 3. The van der Waals surface area contributed by atoms with Crippen molar-refractivity contribution in [3.05, 3.63) is 70.2 Å². The van der Waals surface area contributed by atoms with Gasteiger partial charge in [0, 0.05) is 10.6 Å². The van der Waals surface area contributed by atoms with Crippen LogP contribution < -0.4 is 15.2 Å². The van der Waals surface area contributed by atoms with Crippen molar-refractivity contribution >= 4 is 34.0 Å². The maximum atomic E-state index is 6.09. The Bertz CT molecular complexity index is 867. The molecule has 3 aromatic carbocycles. The average Bonchev–Trinajstić information content (AvgIpc) is 2.62. The molecule has 0 unspecified atom stereocenters. The predicted molar refractivity (Wildman–Crippen MR) is 104 cm³/mol. The molecule has 0 saturated heterocycles. The molecule has 25 heavy (non-hydrogen) atoms. The van der Waals surface area contributed by atoms with Gasteiger partial charge < -0.3 is 15.2 Å². The molecule has 0 aromatic heterocycles. The summed E-state index contributed by atoms with van der Waals surface area (Å²) in [6.07, 6.45) is 0.764.